The molecule has 1 aromatic carbocycles. The lowest BCUT2D eigenvalue weighted by Crippen LogP contribution is -2.24. The van der Waals surface area contributed by atoms with Crippen molar-refractivity contribution < 1.29 is 4.74 Å². The molecular weight excluding hydrogens is 262 g/mol. The van der Waals surface area contributed by atoms with Gasteiger partial charge < -0.3 is 14.6 Å². The van der Waals surface area contributed by atoms with Crippen molar-refractivity contribution in [3.63, 3.8) is 0 Å². The van der Waals surface area contributed by atoms with E-state index in [0.29, 0.717) is 12.5 Å². The summed E-state index contributed by atoms with van der Waals surface area (Å²) in [6.45, 7) is 2.60. The van der Waals surface area contributed by atoms with E-state index < -0.39 is 0 Å². The van der Waals surface area contributed by atoms with Crippen molar-refractivity contribution in [2.24, 2.45) is 0 Å². The van der Waals surface area contributed by atoms with E-state index in [9.17, 15) is 0 Å². The second-order valence-electron chi connectivity index (χ2n) is 6.00. The average molecular weight is 283 g/mol. The third-order valence-corrected chi connectivity index (χ3v) is 4.33. The number of hydrogen-bond donors (Lipinski definition) is 1. The number of imidazole rings is 1. The molecule has 1 aliphatic carbocycles. The Kier molecular flexibility index (Phi) is 3.28. The topological polar surface area (TPSA) is 39.1 Å². The molecule has 1 N–H and O–H groups in total. The molecule has 21 heavy (non-hydrogen) atoms. The van der Waals surface area contributed by atoms with E-state index in [1.807, 2.05) is 0 Å². The number of rotatable bonds is 4. The van der Waals surface area contributed by atoms with Crippen LogP contribution in [0.1, 0.15) is 41.5 Å². The van der Waals surface area contributed by atoms with Crippen LogP contribution in [0.4, 0.5) is 0 Å². The second kappa shape index (κ2) is 5.28. The summed E-state index contributed by atoms with van der Waals surface area (Å²) in [7, 11) is 1.74. The minimum atomic E-state index is 0.654. The lowest BCUT2D eigenvalue weighted by Gasteiger charge is -2.17. The Labute approximate surface area is 125 Å². The van der Waals surface area contributed by atoms with Gasteiger partial charge in [-0.15, -0.1) is 0 Å². The van der Waals surface area contributed by atoms with Gasteiger partial charge in [-0.1, -0.05) is 12.1 Å². The molecule has 0 atom stereocenters. The minimum absolute atomic E-state index is 0.654. The summed E-state index contributed by atoms with van der Waals surface area (Å²) in [6.07, 6.45) is 3.62. The first-order chi connectivity index (χ1) is 10.4. The summed E-state index contributed by atoms with van der Waals surface area (Å²) in [5, 5.41) is 3.43. The first-order valence-corrected chi connectivity index (χ1v) is 7.76. The third-order valence-electron chi connectivity index (χ3n) is 4.33. The molecule has 4 heteroatoms. The fraction of sp³-hybridized carbons (Fsp3) is 0.471. The molecule has 1 aromatic heterocycles. The molecule has 0 bridgehead atoms. The summed E-state index contributed by atoms with van der Waals surface area (Å²) >= 11 is 0. The highest BCUT2D eigenvalue weighted by atomic mass is 16.5. The minimum Gasteiger partial charge on any atom is -0.380 e. The van der Waals surface area contributed by atoms with Gasteiger partial charge in [-0.25, -0.2) is 4.98 Å². The van der Waals surface area contributed by atoms with E-state index in [4.69, 9.17) is 9.72 Å². The van der Waals surface area contributed by atoms with Gasteiger partial charge in [-0.05, 0) is 30.5 Å². The zero-order chi connectivity index (χ0) is 14.2. The Hall–Kier alpha value is -1.65. The Bertz CT molecular complexity index is 658. The Morgan fingerprint density at radius 3 is 3.10 bits per heavy atom. The first kappa shape index (κ1) is 13.0. The zero-order valence-electron chi connectivity index (χ0n) is 12.4. The van der Waals surface area contributed by atoms with E-state index in [1.165, 1.54) is 41.3 Å². The highest BCUT2D eigenvalue weighted by Crippen LogP contribution is 2.41. The third kappa shape index (κ3) is 2.39. The van der Waals surface area contributed by atoms with Crippen LogP contribution in [-0.2, 0) is 24.3 Å². The van der Waals surface area contributed by atoms with Crippen LogP contribution in [0.25, 0.3) is 5.69 Å². The lowest BCUT2D eigenvalue weighted by atomic mass is 10.1. The predicted octanol–water partition coefficient (Wildman–Crippen LogP) is 2.54. The number of aromatic nitrogens is 2. The molecule has 2 aromatic rings. The molecule has 1 fully saturated rings. The van der Waals surface area contributed by atoms with Crippen LogP contribution in [-0.4, -0.2) is 23.2 Å². The highest BCUT2D eigenvalue weighted by molar-refractivity contribution is 5.42. The standard InChI is InChI=1S/C17H21N3O/c1-21-11-12-3-2-4-14(9-12)20-16-7-8-18-10-15(16)19-17(20)13-5-6-13/h2-4,9,13,18H,5-8,10-11H2,1H3. The Morgan fingerprint density at radius 1 is 1.38 bits per heavy atom. The summed E-state index contributed by atoms with van der Waals surface area (Å²) in [5.74, 6) is 1.92. The zero-order valence-corrected chi connectivity index (χ0v) is 12.4. The molecule has 4 nitrogen and oxygen atoms in total. The van der Waals surface area contributed by atoms with Crippen molar-refractivity contribution in [3.05, 3.63) is 47.0 Å². The van der Waals surface area contributed by atoms with E-state index in [-0.39, 0.29) is 0 Å². The molecule has 1 aliphatic heterocycles. The van der Waals surface area contributed by atoms with Gasteiger partial charge in [0.05, 0.1) is 12.3 Å². The van der Waals surface area contributed by atoms with Crippen LogP contribution < -0.4 is 5.32 Å². The number of ether oxygens (including phenoxy) is 1. The summed E-state index contributed by atoms with van der Waals surface area (Å²) in [5.41, 5.74) is 5.08. The van der Waals surface area contributed by atoms with Crippen LogP contribution in [0.3, 0.4) is 0 Å². The Balaban J connectivity index is 1.82. The van der Waals surface area contributed by atoms with Gasteiger partial charge in [0.15, 0.2) is 0 Å². The van der Waals surface area contributed by atoms with Gasteiger partial charge in [0.2, 0.25) is 0 Å². The largest absolute Gasteiger partial charge is 0.380 e. The number of hydrogen-bond acceptors (Lipinski definition) is 3. The number of methoxy groups -OCH3 is 1. The predicted molar refractivity (Wildman–Crippen MR) is 81.7 cm³/mol. The second-order valence-corrected chi connectivity index (χ2v) is 6.00. The molecule has 2 heterocycles. The molecular formula is C17H21N3O. The van der Waals surface area contributed by atoms with E-state index >= 15 is 0 Å². The van der Waals surface area contributed by atoms with Crippen molar-refractivity contribution >= 4 is 0 Å². The maximum Gasteiger partial charge on any atom is 0.116 e. The Morgan fingerprint density at radius 2 is 2.29 bits per heavy atom. The van der Waals surface area contributed by atoms with Crippen LogP contribution >= 0.6 is 0 Å². The van der Waals surface area contributed by atoms with Crippen LogP contribution in [0.15, 0.2) is 24.3 Å². The molecule has 0 saturated heterocycles. The average Bonchev–Trinajstić information content (AvgIpc) is 3.28. The highest BCUT2D eigenvalue weighted by Gasteiger charge is 2.32. The number of benzene rings is 1. The fourth-order valence-electron chi connectivity index (χ4n) is 3.19. The van der Waals surface area contributed by atoms with E-state index in [1.54, 1.807) is 7.11 Å². The maximum atomic E-state index is 5.27. The smallest absolute Gasteiger partial charge is 0.116 e. The quantitative estimate of drug-likeness (QED) is 0.937. The van der Waals surface area contributed by atoms with Gasteiger partial charge in [-0.3, -0.25) is 0 Å². The van der Waals surface area contributed by atoms with Gasteiger partial charge in [-0.2, -0.15) is 0 Å². The van der Waals surface area contributed by atoms with Crippen LogP contribution in [0.2, 0.25) is 0 Å². The molecule has 2 aliphatic rings. The van der Waals surface area contributed by atoms with Crippen LogP contribution in [0, 0.1) is 0 Å². The monoisotopic (exact) mass is 283 g/mol. The summed E-state index contributed by atoms with van der Waals surface area (Å²) in [4.78, 5) is 4.93. The fourth-order valence-corrected chi connectivity index (χ4v) is 3.19. The maximum absolute atomic E-state index is 5.27. The summed E-state index contributed by atoms with van der Waals surface area (Å²) < 4.78 is 7.68. The van der Waals surface area contributed by atoms with Crippen LogP contribution in [0.5, 0.6) is 0 Å². The summed E-state index contributed by atoms with van der Waals surface area (Å²) in [6, 6.07) is 8.66. The van der Waals surface area contributed by atoms with Crippen molar-refractivity contribution in [2.75, 3.05) is 13.7 Å². The van der Waals surface area contributed by atoms with Gasteiger partial charge in [0.25, 0.3) is 0 Å². The normalized spacial score (nSPS) is 17.8. The number of nitrogens with zero attached hydrogens (tertiary/aromatic N) is 2. The van der Waals surface area contributed by atoms with Gasteiger partial charge in [0.1, 0.15) is 5.82 Å². The first-order valence-electron chi connectivity index (χ1n) is 7.76. The molecule has 110 valence electrons. The molecule has 0 spiro atoms. The van der Waals surface area contributed by atoms with Gasteiger partial charge >= 0.3 is 0 Å². The van der Waals surface area contributed by atoms with Crippen molar-refractivity contribution in [1.29, 1.82) is 0 Å². The molecule has 4 rings (SSSR count). The SMILES string of the molecule is COCc1cccc(-n2c(C3CC3)nc3c2CCNC3)c1. The van der Waals surface area contributed by atoms with Crippen molar-refractivity contribution in [3.8, 4) is 5.69 Å². The van der Waals surface area contributed by atoms with Crippen molar-refractivity contribution in [1.82, 2.24) is 14.9 Å². The number of fused-ring (bicyclic) bond motifs is 1. The van der Waals surface area contributed by atoms with Crippen molar-refractivity contribution in [2.45, 2.75) is 38.3 Å². The van der Waals surface area contributed by atoms with Gasteiger partial charge in [0, 0.05) is 43.9 Å². The van der Waals surface area contributed by atoms with E-state index in [2.05, 4.69) is 34.1 Å². The number of nitrogens with one attached hydrogen (secondary N) is 1. The molecule has 1 saturated carbocycles. The molecule has 0 unspecified atom stereocenters. The molecule has 0 amide bonds. The lowest BCUT2D eigenvalue weighted by molar-refractivity contribution is 0.185. The molecule has 0 radical (unpaired) electrons. The van der Waals surface area contributed by atoms with E-state index in [0.717, 1.165) is 19.5 Å².